The Bertz CT molecular complexity index is 593. The highest BCUT2D eigenvalue weighted by molar-refractivity contribution is 7.15. The lowest BCUT2D eigenvalue weighted by molar-refractivity contribution is 0.160. The maximum atomic E-state index is 13.1. The van der Waals surface area contributed by atoms with Crippen LogP contribution in [0.2, 0.25) is 0 Å². The molecule has 1 aliphatic rings. The summed E-state index contributed by atoms with van der Waals surface area (Å²) in [5, 5.41) is 10.8. The van der Waals surface area contributed by atoms with Crippen LogP contribution < -0.4 is 0 Å². The number of hydrogen-bond acceptors (Lipinski definition) is 3. The molecule has 0 bridgehead atoms. The second kappa shape index (κ2) is 4.44. The molecule has 2 aromatic rings. The predicted octanol–water partition coefficient (Wildman–Crippen LogP) is 3.63. The molecule has 18 heavy (non-hydrogen) atoms. The lowest BCUT2D eigenvalue weighted by Crippen LogP contribution is -2.06. The molecule has 0 saturated heterocycles. The van der Waals surface area contributed by atoms with E-state index in [1.54, 1.807) is 6.07 Å². The number of benzene rings is 1. The number of aryl methyl sites for hydroxylation is 2. The van der Waals surface area contributed by atoms with Gasteiger partial charge in [0.2, 0.25) is 0 Å². The second-order valence-electron chi connectivity index (χ2n) is 4.70. The highest BCUT2D eigenvalue weighted by atomic mass is 32.1. The van der Waals surface area contributed by atoms with Crippen LogP contribution >= 0.6 is 11.3 Å². The highest BCUT2D eigenvalue weighted by Gasteiger charge is 2.23. The van der Waals surface area contributed by atoms with Crippen molar-refractivity contribution < 1.29 is 9.50 Å². The molecule has 3 rings (SSSR count). The fourth-order valence-electron chi connectivity index (χ4n) is 2.38. The fourth-order valence-corrected chi connectivity index (χ4v) is 3.60. The molecule has 0 amide bonds. The van der Waals surface area contributed by atoms with Gasteiger partial charge in [-0.2, -0.15) is 0 Å². The van der Waals surface area contributed by atoms with Crippen LogP contribution in [0.1, 0.15) is 35.1 Å². The summed E-state index contributed by atoms with van der Waals surface area (Å²) in [4.78, 5) is 5.58. The Hall–Kier alpha value is -1.26. The van der Waals surface area contributed by atoms with Gasteiger partial charge in [-0.1, -0.05) is 0 Å². The van der Waals surface area contributed by atoms with E-state index in [9.17, 15) is 9.50 Å². The molecule has 0 spiro atoms. The molecule has 2 nitrogen and oxygen atoms in total. The molecule has 1 N–H and O–H groups in total. The minimum absolute atomic E-state index is 0.224. The molecule has 1 aliphatic carbocycles. The van der Waals surface area contributed by atoms with Crippen LogP contribution in [0.15, 0.2) is 18.2 Å². The number of aliphatic hydroxyl groups is 1. The van der Waals surface area contributed by atoms with E-state index in [1.807, 2.05) is 6.92 Å². The van der Waals surface area contributed by atoms with E-state index in [4.69, 9.17) is 0 Å². The molecular formula is C14H14FNOS. The zero-order valence-electron chi connectivity index (χ0n) is 10.1. The van der Waals surface area contributed by atoms with Gasteiger partial charge in [0.05, 0.1) is 16.7 Å². The summed E-state index contributed by atoms with van der Waals surface area (Å²) in [5.41, 5.74) is 2.86. The van der Waals surface area contributed by atoms with Crippen LogP contribution in [0.3, 0.4) is 0 Å². The molecular weight excluding hydrogens is 249 g/mol. The Morgan fingerprint density at radius 1 is 1.44 bits per heavy atom. The minimum atomic E-state index is -0.374. The molecule has 1 aromatic heterocycles. The van der Waals surface area contributed by atoms with Gasteiger partial charge in [0, 0.05) is 5.56 Å². The van der Waals surface area contributed by atoms with Gasteiger partial charge in [-0.05, 0) is 49.9 Å². The summed E-state index contributed by atoms with van der Waals surface area (Å²) in [6.45, 7) is 1.88. The van der Waals surface area contributed by atoms with Crippen molar-refractivity contribution in [3.05, 3.63) is 40.2 Å². The van der Waals surface area contributed by atoms with Crippen molar-refractivity contribution in [1.29, 1.82) is 0 Å². The summed E-state index contributed by atoms with van der Waals surface area (Å²) >= 11 is 1.53. The van der Waals surface area contributed by atoms with E-state index in [-0.39, 0.29) is 11.9 Å². The number of thiazole rings is 1. The van der Waals surface area contributed by atoms with Crippen molar-refractivity contribution in [1.82, 2.24) is 4.98 Å². The first kappa shape index (κ1) is 11.8. The van der Waals surface area contributed by atoms with E-state index >= 15 is 0 Å². The molecule has 94 valence electrons. The largest absolute Gasteiger partial charge is 0.388 e. The van der Waals surface area contributed by atoms with Crippen molar-refractivity contribution >= 4 is 11.3 Å². The van der Waals surface area contributed by atoms with E-state index in [1.165, 1.54) is 23.5 Å². The number of halogens is 1. The quantitative estimate of drug-likeness (QED) is 0.852. The van der Waals surface area contributed by atoms with Gasteiger partial charge in [-0.15, -0.1) is 11.3 Å². The van der Waals surface area contributed by atoms with Crippen LogP contribution in [0.25, 0.3) is 10.6 Å². The molecule has 1 unspecified atom stereocenters. The third-order valence-electron chi connectivity index (χ3n) is 3.34. The first-order chi connectivity index (χ1) is 8.65. The lowest BCUT2D eigenvalue weighted by atomic mass is 10.0. The number of fused-ring (bicyclic) bond motifs is 1. The van der Waals surface area contributed by atoms with Crippen molar-refractivity contribution in [3.8, 4) is 10.6 Å². The van der Waals surface area contributed by atoms with E-state index < -0.39 is 0 Å². The van der Waals surface area contributed by atoms with Crippen LogP contribution in [0.5, 0.6) is 0 Å². The zero-order valence-corrected chi connectivity index (χ0v) is 10.9. The zero-order chi connectivity index (χ0) is 12.7. The van der Waals surface area contributed by atoms with Crippen LogP contribution in [-0.4, -0.2) is 10.1 Å². The molecule has 0 fully saturated rings. The van der Waals surface area contributed by atoms with Crippen LogP contribution in [0.4, 0.5) is 4.39 Å². The van der Waals surface area contributed by atoms with Crippen molar-refractivity contribution in [2.45, 2.75) is 32.3 Å². The first-order valence-electron chi connectivity index (χ1n) is 6.09. The third-order valence-corrected chi connectivity index (χ3v) is 4.57. The van der Waals surface area contributed by atoms with Gasteiger partial charge in [-0.25, -0.2) is 9.37 Å². The summed E-state index contributed by atoms with van der Waals surface area (Å²) in [6.07, 6.45) is 2.36. The second-order valence-corrected chi connectivity index (χ2v) is 5.73. The third kappa shape index (κ3) is 1.95. The van der Waals surface area contributed by atoms with Crippen molar-refractivity contribution in [2.75, 3.05) is 0 Å². The first-order valence-corrected chi connectivity index (χ1v) is 6.91. The predicted molar refractivity (Wildman–Crippen MR) is 70.1 cm³/mol. The van der Waals surface area contributed by atoms with Gasteiger partial charge in [0.15, 0.2) is 0 Å². The van der Waals surface area contributed by atoms with Crippen LogP contribution in [0, 0.1) is 12.7 Å². The summed E-state index contributed by atoms with van der Waals surface area (Å²) in [5.74, 6) is -0.224. The molecule has 0 radical (unpaired) electrons. The SMILES string of the molecule is Cc1cc(F)ccc1-c1nc2c(s1)C(O)CCC2. The summed E-state index contributed by atoms with van der Waals surface area (Å²) in [7, 11) is 0. The number of nitrogens with zero attached hydrogens (tertiary/aromatic N) is 1. The Morgan fingerprint density at radius 2 is 2.28 bits per heavy atom. The number of aliphatic hydroxyl groups excluding tert-OH is 1. The average molecular weight is 263 g/mol. The molecule has 1 heterocycles. The van der Waals surface area contributed by atoms with Gasteiger partial charge < -0.3 is 5.11 Å². The Morgan fingerprint density at radius 3 is 3.00 bits per heavy atom. The van der Waals surface area contributed by atoms with E-state index in [0.717, 1.165) is 46.0 Å². The lowest BCUT2D eigenvalue weighted by Gasteiger charge is -2.14. The van der Waals surface area contributed by atoms with Crippen molar-refractivity contribution in [2.24, 2.45) is 0 Å². The smallest absolute Gasteiger partial charge is 0.124 e. The highest BCUT2D eigenvalue weighted by Crippen LogP contribution is 2.38. The minimum Gasteiger partial charge on any atom is -0.388 e. The Balaban J connectivity index is 2.07. The van der Waals surface area contributed by atoms with Crippen LogP contribution in [-0.2, 0) is 6.42 Å². The topological polar surface area (TPSA) is 33.1 Å². The maximum Gasteiger partial charge on any atom is 0.124 e. The number of aromatic nitrogens is 1. The molecule has 1 aromatic carbocycles. The van der Waals surface area contributed by atoms with Gasteiger partial charge in [0.1, 0.15) is 10.8 Å². The summed E-state index contributed by atoms with van der Waals surface area (Å²) in [6, 6.07) is 4.74. The fraction of sp³-hybridized carbons (Fsp3) is 0.357. The van der Waals surface area contributed by atoms with Gasteiger partial charge in [-0.3, -0.25) is 0 Å². The molecule has 4 heteroatoms. The van der Waals surface area contributed by atoms with Gasteiger partial charge in [0.25, 0.3) is 0 Å². The Kier molecular flexibility index (Phi) is 2.92. The normalized spacial score (nSPS) is 18.7. The monoisotopic (exact) mass is 263 g/mol. The molecule has 1 atom stereocenters. The maximum absolute atomic E-state index is 13.1. The molecule has 0 saturated carbocycles. The standard InChI is InChI=1S/C14H14FNOS/c1-8-7-9(15)5-6-10(8)14-16-11-3-2-4-12(17)13(11)18-14/h5-7,12,17H,2-4H2,1H3. The van der Waals surface area contributed by atoms with Crippen molar-refractivity contribution in [3.63, 3.8) is 0 Å². The summed E-state index contributed by atoms with van der Waals surface area (Å²) < 4.78 is 13.1. The number of hydrogen-bond donors (Lipinski definition) is 1. The van der Waals surface area contributed by atoms with E-state index in [0.29, 0.717) is 0 Å². The van der Waals surface area contributed by atoms with E-state index in [2.05, 4.69) is 4.98 Å². The van der Waals surface area contributed by atoms with Gasteiger partial charge >= 0.3 is 0 Å². The number of rotatable bonds is 1. The molecule has 0 aliphatic heterocycles. The Labute approximate surface area is 109 Å². The average Bonchev–Trinajstić information content (AvgIpc) is 2.74.